The Labute approximate surface area is 136 Å². The summed E-state index contributed by atoms with van der Waals surface area (Å²) in [6.45, 7) is 4.40. The van der Waals surface area contributed by atoms with Gasteiger partial charge in [-0.05, 0) is 37.1 Å². The minimum atomic E-state index is -0.210. The van der Waals surface area contributed by atoms with Gasteiger partial charge in [-0.15, -0.1) is 10.2 Å². The monoisotopic (exact) mass is 332 g/mol. The van der Waals surface area contributed by atoms with Crippen LogP contribution in [-0.4, -0.2) is 28.4 Å². The lowest BCUT2D eigenvalue weighted by atomic mass is 10.1. The number of benzene rings is 1. The van der Waals surface area contributed by atoms with Crippen LogP contribution in [0.2, 0.25) is 0 Å². The molecule has 3 rings (SSSR count). The van der Waals surface area contributed by atoms with E-state index in [1.165, 1.54) is 11.3 Å². The molecule has 0 saturated carbocycles. The molecule has 0 spiro atoms. The van der Waals surface area contributed by atoms with E-state index >= 15 is 0 Å². The van der Waals surface area contributed by atoms with Gasteiger partial charge in [-0.3, -0.25) is 4.79 Å². The maximum absolute atomic E-state index is 12.2. The summed E-state index contributed by atoms with van der Waals surface area (Å²) in [5, 5.41) is 16.6. The van der Waals surface area contributed by atoms with Crippen molar-refractivity contribution in [3.63, 3.8) is 0 Å². The smallest absolute Gasteiger partial charge is 0.232 e. The number of aromatic nitrogens is 3. The number of nitrogens with one attached hydrogen (secondary N) is 1. The van der Waals surface area contributed by atoms with E-state index in [1.807, 2.05) is 26.0 Å². The first kappa shape index (κ1) is 15.6. The minimum absolute atomic E-state index is 0.120. The molecule has 0 fully saturated rings. The lowest BCUT2D eigenvalue weighted by molar-refractivity contribution is -0.115. The van der Waals surface area contributed by atoms with Crippen LogP contribution in [0.4, 0.5) is 5.13 Å². The van der Waals surface area contributed by atoms with Crippen molar-refractivity contribution >= 4 is 33.3 Å². The summed E-state index contributed by atoms with van der Waals surface area (Å²) in [7, 11) is 1.58. The largest absolute Gasteiger partial charge is 0.377 e. The number of rotatable bonds is 5. The molecule has 0 bridgehead atoms. The lowest BCUT2D eigenvalue weighted by Crippen LogP contribution is -2.14. The van der Waals surface area contributed by atoms with Crippen molar-refractivity contribution in [1.29, 1.82) is 0 Å². The van der Waals surface area contributed by atoms with Crippen LogP contribution >= 0.6 is 11.3 Å². The number of anilines is 1. The molecule has 0 aliphatic rings. The number of amides is 1. The number of aryl methyl sites for hydroxylation is 2. The number of hydrogen-bond donors (Lipinski definition) is 1. The summed E-state index contributed by atoms with van der Waals surface area (Å²) < 4.78 is 10.3. The Hall–Kier alpha value is -2.32. The molecule has 0 aliphatic heterocycles. The Morgan fingerprint density at radius 3 is 2.87 bits per heavy atom. The average Bonchev–Trinajstić information content (AvgIpc) is 3.08. The van der Waals surface area contributed by atoms with Gasteiger partial charge in [0.2, 0.25) is 11.0 Å². The van der Waals surface area contributed by atoms with E-state index in [1.54, 1.807) is 7.11 Å². The van der Waals surface area contributed by atoms with E-state index in [4.69, 9.17) is 9.26 Å². The number of carbonyl (C=O) groups is 1. The van der Waals surface area contributed by atoms with Crippen molar-refractivity contribution in [2.24, 2.45) is 0 Å². The Morgan fingerprint density at radius 1 is 1.30 bits per heavy atom. The Kier molecular flexibility index (Phi) is 4.35. The van der Waals surface area contributed by atoms with Gasteiger partial charge in [0.15, 0.2) is 5.58 Å². The number of ether oxygens (including phenoxy) is 1. The molecule has 1 amide bonds. The summed E-state index contributed by atoms with van der Waals surface area (Å²) in [5.41, 5.74) is 3.57. The average molecular weight is 332 g/mol. The fraction of sp³-hybridized carbons (Fsp3) is 0.333. The summed E-state index contributed by atoms with van der Waals surface area (Å²) >= 11 is 1.28. The van der Waals surface area contributed by atoms with Gasteiger partial charge in [-0.1, -0.05) is 16.5 Å². The van der Waals surface area contributed by atoms with Crippen molar-refractivity contribution < 1.29 is 14.1 Å². The van der Waals surface area contributed by atoms with E-state index in [0.717, 1.165) is 16.5 Å². The zero-order chi connectivity index (χ0) is 16.4. The number of carbonyl (C=O) groups excluding carboxylic acids is 1. The first-order chi connectivity index (χ1) is 11.1. The Bertz CT molecular complexity index is 856. The maximum Gasteiger partial charge on any atom is 0.232 e. The topological polar surface area (TPSA) is 90.1 Å². The molecule has 1 N–H and O–H groups in total. The molecule has 8 heteroatoms. The maximum atomic E-state index is 12.2. The Morgan fingerprint density at radius 2 is 2.09 bits per heavy atom. The highest BCUT2D eigenvalue weighted by Gasteiger charge is 2.15. The molecule has 7 nitrogen and oxygen atoms in total. The van der Waals surface area contributed by atoms with Crippen LogP contribution in [0.25, 0.3) is 11.0 Å². The zero-order valence-corrected chi connectivity index (χ0v) is 13.9. The number of hydrogen-bond acceptors (Lipinski definition) is 7. The van der Waals surface area contributed by atoms with E-state index in [-0.39, 0.29) is 12.3 Å². The van der Waals surface area contributed by atoms with Crippen LogP contribution in [0.5, 0.6) is 0 Å². The highest BCUT2D eigenvalue weighted by atomic mass is 32.1. The second kappa shape index (κ2) is 6.43. The second-order valence-electron chi connectivity index (χ2n) is 5.22. The van der Waals surface area contributed by atoms with Crippen molar-refractivity contribution in [2.45, 2.75) is 26.9 Å². The minimum Gasteiger partial charge on any atom is -0.377 e. The third kappa shape index (κ3) is 3.38. The summed E-state index contributed by atoms with van der Waals surface area (Å²) in [4.78, 5) is 12.2. The lowest BCUT2D eigenvalue weighted by Gasteiger charge is -2.00. The van der Waals surface area contributed by atoms with Gasteiger partial charge in [0.05, 0.1) is 6.42 Å². The Balaban J connectivity index is 1.73. The van der Waals surface area contributed by atoms with E-state index < -0.39 is 0 Å². The predicted octanol–water partition coefficient (Wildman–Crippen LogP) is 2.62. The third-order valence-electron chi connectivity index (χ3n) is 3.47. The van der Waals surface area contributed by atoms with Gasteiger partial charge < -0.3 is 14.6 Å². The molecule has 2 heterocycles. The fourth-order valence-corrected chi connectivity index (χ4v) is 2.90. The summed E-state index contributed by atoms with van der Waals surface area (Å²) in [5.74, 6) is -0.210. The molecular weight excluding hydrogens is 316 g/mol. The van der Waals surface area contributed by atoms with Gasteiger partial charge in [-0.2, -0.15) is 0 Å². The van der Waals surface area contributed by atoms with E-state index in [9.17, 15) is 4.79 Å². The normalized spacial score (nSPS) is 11.1. The highest BCUT2D eigenvalue weighted by molar-refractivity contribution is 7.15. The highest BCUT2D eigenvalue weighted by Crippen LogP contribution is 2.23. The zero-order valence-electron chi connectivity index (χ0n) is 13.0. The first-order valence-corrected chi connectivity index (χ1v) is 7.85. The van der Waals surface area contributed by atoms with Crippen LogP contribution in [-0.2, 0) is 22.6 Å². The fourth-order valence-electron chi connectivity index (χ4n) is 2.17. The summed E-state index contributed by atoms with van der Waals surface area (Å²) in [6, 6.07) is 3.92. The van der Waals surface area contributed by atoms with Gasteiger partial charge in [0.25, 0.3) is 0 Å². The standard InChI is InChI=1S/C15H16N4O3S/c1-8-4-10-11(19-22-12(10)5-9(8)2)6-13(20)16-15-18-17-14(23-15)7-21-3/h4-5H,6-7H2,1-3H3,(H,16,18,20). The third-order valence-corrected chi connectivity index (χ3v) is 4.28. The van der Waals surface area contributed by atoms with Crippen LogP contribution in [0.1, 0.15) is 21.8 Å². The van der Waals surface area contributed by atoms with Crippen LogP contribution in [0, 0.1) is 13.8 Å². The van der Waals surface area contributed by atoms with Crippen molar-refractivity contribution in [3.8, 4) is 0 Å². The van der Waals surface area contributed by atoms with E-state index in [2.05, 4.69) is 20.7 Å². The SMILES string of the molecule is COCc1nnc(NC(=O)Cc2noc3cc(C)c(C)cc23)s1. The number of fused-ring (bicyclic) bond motifs is 1. The van der Waals surface area contributed by atoms with Crippen molar-refractivity contribution in [1.82, 2.24) is 15.4 Å². The first-order valence-electron chi connectivity index (χ1n) is 7.03. The molecule has 0 unspecified atom stereocenters. The number of nitrogens with zero attached hydrogens (tertiary/aromatic N) is 3. The van der Waals surface area contributed by atoms with Crippen LogP contribution in [0.3, 0.4) is 0 Å². The molecule has 2 aromatic heterocycles. The van der Waals surface area contributed by atoms with Crippen molar-refractivity contribution in [3.05, 3.63) is 34.0 Å². The molecule has 0 atom stereocenters. The number of methoxy groups -OCH3 is 1. The molecule has 0 radical (unpaired) electrons. The van der Waals surface area contributed by atoms with Crippen LogP contribution in [0.15, 0.2) is 16.7 Å². The molecule has 1 aromatic carbocycles. The summed E-state index contributed by atoms with van der Waals surface area (Å²) in [6.07, 6.45) is 0.120. The second-order valence-corrected chi connectivity index (χ2v) is 6.28. The van der Waals surface area contributed by atoms with Crippen LogP contribution < -0.4 is 5.32 Å². The molecule has 120 valence electrons. The van der Waals surface area contributed by atoms with E-state index in [0.29, 0.717) is 28.0 Å². The van der Waals surface area contributed by atoms with Crippen molar-refractivity contribution in [2.75, 3.05) is 12.4 Å². The molecular formula is C15H16N4O3S. The molecule has 0 saturated heterocycles. The molecule has 3 aromatic rings. The molecule has 23 heavy (non-hydrogen) atoms. The van der Waals surface area contributed by atoms with Gasteiger partial charge in [-0.25, -0.2) is 0 Å². The van der Waals surface area contributed by atoms with Gasteiger partial charge in [0.1, 0.15) is 17.3 Å². The molecule has 0 aliphatic carbocycles. The predicted molar refractivity (Wildman–Crippen MR) is 86.4 cm³/mol. The van der Waals surface area contributed by atoms with Gasteiger partial charge >= 0.3 is 0 Å². The van der Waals surface area contributed by atoms with Gasteiger partial charge in [0, 0.05) is 12.5 Å². The quantitative estimate of drug-likeness (QED) is 0.772.